The third kappa shape index (κ3) is 6.50. The molecule has 0 aliphatic heterocycles. The van der Waals surface area contributed by atoms with E-state index in [2.05, 4.69) is 10.0 Å². The number of hydrogen-bond acceptors (Lipinski definition) is 4. The van der Waals surface area contributed by atoms with E-state index in [1.54, 1.807) is 26.0 Å². The molecule has 0 aliphatic carbocycles. The summed E-state index contributed by atoms with van der Waals surface area (Å²) < 4.78 is 27.4. The topological polar surface area (TPSA) is 113 Å². The van der Waals surface area contributed by atoms with Crippen molar-refractivity contribution in [2.45, 2.75) is 31.2 Å². The summed E-state index contributed by atoms with van der Waals surface area (Å²) in [7, 11) is -3.97. The second-order valence-electron chi connectivity index (χ2n) is 7.99. The zero-order valence-corrected chi connectivity index (χ0v) is 19.2. The number of anilines is 1. The largest absolute Gasteiger partial charge is 0.480 e. The smallest absolute Gasteiger partial charge is 0.322 e. The minimum Gasteiger partial charge on any atom is -0.480 e. The van der Waals surface area contributed by atoms with Crippen LogP contribution in [0.2, 0.25) is 0 Å². The first-order valence-electron chi connectivity index (χ1n) is 10.4. The fraction of sp³-hybridized carbons (Fsp3) is 0.200. The van der Waals surface area contributed by atoms with Crippen LogP contribution < -0.4 is 10.0 Å². The molecule has 0 unspecified atom stereocenters. The number of nitrogens with one attached hydrogen (secondary N) is 2. The molecule has 0 fully saturated rings. The maximum atomic E-state index is 12.6. The lowest BCUT2D eigenvalue weighted by Crippen LogP contribution is -2.44. The molecule has 3 aromatic rings. The van der Waals surface area contributed by atoms with E-state index in [-0.39, 0.29) is 17.2 Å². The van der Waals surface area contributed by atoms with Crippen LogP contribution in [0.5, 0.6) is 0 Å². The predicted molar refractivity (Wildman–Crippen MR) is 127 cm³/mol. The number of aliphatic carboxylic acids is 1. The van der Waals surface area contributed by atoms with Gasteiger partial charge in [0.15, 0.2) is 0 Å². The van der Waals surface area contributed by atoms with Gasteiger partial charge in [0.2, 0.25) is 15.9 Å². The molecular weight excluding hydrogens is 440 g/mol. The summed E-state index contributed by atoms with van der Waals surface area (Å²) in [6, 6.07) is 21.7. The van der Waals surface area contributed by atoms with Crippen molar-refractivity contribution < 1.29 is 23.1 Å². The first kappa shape index (κ1) is 24.2. The number of carboxylic acid groups (broad SMARTS) is 1. The van der Waals surface area contributed by atoms with Crippen molar-refractivity contribution in [3.8, 4) is 11.1 Å². The van der Waals surface area contributed by atoms with Crippen molar-refractivity contribution in [1.82, 2.24) is 4.72 Å². The molecule has 7 nitrogen and oxygen atoms in total. The lowest BCUT2D eigenvalue weighted by molar-refractivity contribution is -0.140. The van der Waals surface area contributed by atoms with E-state index in [0.717, 1.165) is 22.4 Å². The zero-order valence-electron chi connectivity index (χ0n) is 18.4. The predicted octanol–water partition coefficient (Wildman–Crippen LogP) is 3.92. The molecule has 33 heavy (non-hydrogen) atoms. The molecule has 172 valence electrons. The summed E-state index contributed by atoms with van der Waals surface area (Å²) in [6.45, 7) is 3.28. The Bertz CT molecular complexity index is 1210. The molecule has 0 radical (unpaired) electrons. The van der Waals surface area contributed by atoms with Gasteiger partial charge in [0.05, 0.1) is 11.3 Å². The van der Waals surface area contributed by atoms with Crippen molar-refractivity contribution in [1.29, 1.82) is 0 Å². The number of carbonyl (C=O) groups is 2. The highest BCUT2D eigenvalue weighted by atomic mass is 32.2. The van der Waals surface area contributed by atoms with Crippen LogP contribution in [0, 0.1) is 5.92 Å². The molecule has 0 heterocycles. The quantitative estimate of drug-likeness (QED) is 0.442. The van der Waals surface area contributed by atoms with Crippen LogP contribution in [0.25, 0.3) is 11.1 Å². The molecule has 0 aromatic heterocycles. The van der Waals surface area contributed by atoms with Crippen LogP contribution >= 0.6 is 0 Å². The van der Waals surface area contributed by atoms with Gasteiger partial charge in [-0.3, -0.25) is 9.59 Å². The number of carboxylic acids is 1. The summed E-state index contributed by atoms with van der Waals surface area (Å²) in [5.74, 6) is -1.73. The highest BCUT2D eigenvalue weighted by Gasteiger charge is 2.27. The van der Waals surface area contributed by atoms with Crippen LogP contribution in [0.3, 0.4) is 0 Å². The number of benzene rings is 3. The Kier molecular flexibility index (Phi) is 7.63. The number of rotatable bonds is 9. The Hall–Kier alpha value is -3.49. The monoisotopic (exact) mass is 466 g/mol. The number of sulfonamides is 1. The Morgan fingerprint density at radius 2 is 1.39 bits per heavy atom. The first-order valence-corrected chi connectivity index (χ1v) is 11.9. The second kappa shape index (κ2) is 10.4. The first-order chi connectivity index (χ1) is 15.7. The number of hydrogen-bond donors (Lipinski definition) is 3. The van der Waals surface area contributed by atoms with Crippen molar-refractivity contribution in [3.05, 3.63) is 84.4 Å². The maximum absolute atomic E-state index is 12.6. The van der Waals surface area contributed by atoms with E-state index in [1.807, 2.05) is 54.6 Å². The summed E-state index contributed by atoms with van der Waals surface area (Å²) in [5, 5.41) is 12.1. The van der Waals surface area contributed by atoms with Gasteiger partial charge in [-0.2, -0.15) is 4.72 Å². The van der Waals surface area contributed by atoms with Gasteiger partial charge in [0.25, 0.3) is 0 Å². The Morgan fingerprint density at radius 3 is 1.91 bits per heavy atom. The second-order valence-corrected chi connectivity index (χ2v) is 9.71. The fourth-order valence-electron chi connectivity index (χ4n) is 3.26. The number of amides is 1. The van der Waals surface area contributed by atoms with Crippen molar-refractivity contribution >= 4 is 27.6 Å². The molecule has 3 rings (SSSR count). The molecule has 3 N–H and O–H groups in total. The highest BCUT2D eigenvalue weighted by Crippen LogP contribution is 2.23. The van der Waals surface area contributed by atoms with E-state index in [4.69, 9.17) is 0 Å². The minimum atomic E-state index is -3.97. The summed E-state index contributed by atoms with van der Waals surface area (Å²) in [4.78, 5) is 23.5. The lowest BCUT2D eigenvalue weighted by Gasteiger charge is -2.18. The fourth-order valence-corrected chi connectivity index (χ4v) is 4.60. The van der Waals surface area contributed by atoms with E-state index in [9.17, 15) is 23.1 Å². The maximum Gasteiger partial charge on any atom is 0.322 e. The molecule has 3 aromatic carbocycles. The normalized spacial score (nSPS) is 12.3. The summed E-state index contributed by atoms with van der Waals surface area (Å²) in [6.07, 6.45) is 0.235. The third-order valence-electron chi connectivity index (χ3n) is 5.09. The molecule has 0 spiro atoms. The molecule has 1 amide bonds. The van der Waals surface area contributed by atoms with Gasteiger partial charge in [-0.15, -0.1) is 0 Å². The van der Waals surface area contributed by atoms with Crippen LogP contribution in [0.1, 0.15) is 19.4 Å². The average molecular weight is 467 g/mol. The van der Waals surface area contributed by atoms with Crippen molar-refractivity contribution in [2.75, 3.05) is 5.32 Å². The molecular formula is C25H26N2O5S. The van der Waals surface area contributed by atoms with Crippen molar-refractivity contribution in [3.63, 3.8) is 0 Å². The van der Waals surface area contributed by atoms with Crippen LogP contribution in [-0.2, 0) is 26.0 Å². The highest BCUT2D eigenvalue weighted by molar-refractivity contribution is 7.89. The van der Waals surface area contributed by atoms with E-state index < -0.39 is 28.0 Å². The Labute approximate surface area is 193 Å². The standard InChI is InChI=1S/C25H26N2O5S/c1-17(2)24(25(29)30)27-33(31,32)22-14-12-20(13-15-22)19-10-8-18(9-11-19)16-23(28)26-21-6-4-3-5-7-21/h3-15,17,24,27H,16H2,1-2H3,(H,26,28)(H,29,30)/t24-/m0/s1. The van der Waals surface area contributed by atoms with Gasteiger partial charge >= 0.3 is 5.97 Å². The molecule has 0 saturated carbocycles. The van der Waals surface area contributed by atoms with Crippen LogP contribution in [0.15, 0.2) is 83.8 Å². The third-order valence-corrected chi connectivity index (χ3v) is 6.55. The molecule has 8 heteroatoms. The molecule has 0 bridgehead atoms. The Morgan fingerprint density at radius 1 is 0.848 bits per heavy atom. The van der Waals surface area contributed by atoms with E-state index in [0.29, 0.717) is 0 Å². The van der Waals surface area contributed by atoms with E-state index >= 15 is 0 Å². The van der Waals surface area contributed by atoms with Gasteiger partial charge in [-0.05, 0) is 46.9 Å². The number of para-hydroxylation sites is 1. The van der Waals surface area contributed by atoms with Crippen LogP contribution in [-0.4, -0.2) is 31.4 Å². The van der Waals surface area contributed by atoms with Crippen molar-refractivity contribution in [2.24, 2.45) is 5.92 Å². The van der Waals surface area contributed by atoms with E-state index in [1.165, 1.54) is 12.1 Å². The summed E-state index contributed by atoms with van der Waals surface area (Å²) >= 11 is 0. The van der Waals surface area contributed by atoms with Crippen LogP contribution in [0.4, 0.5) is 5.69 Å². The van der Waals surface area contributed by atoms with Gasteiger partial charge in [-0.25, -0.2) is 8.42 Å². The van der Waals surface area contributed by atoms with Gasteiger partial charge in [0.1, 0.15) is 6.04 Å². The van der Waals surface area contributed by atoms with Gasteiger partial charge < -0.3 is 10.4 Å². The summed E-state index contributed by atoms with van der Waals surface area (Å²) in [5.41, 5.74) is 3.26. The Balaban J connectivity index is 1.67. The molecule has 0 saturated heterocycles. The lowest BCUT2D eigenvalue weighted by atomic mass is 10.0. The van der Waals surface area contributed by atoms with Gasteiger partial charge in [0, 0.05) is 5.69 Å². The molecule has 1 atom stereocenters. The minimum absolute atomic E-state index is 0.00708. The number of carbonyl (C=O) groups excluding carboxylic acids is 1. The SMILES string of the molecule is CC(C)[C@H](NS(=O)(=O)c1ccc(-c2ccc(CC(=O)Nc3ccccc3)cc2)cc1)C(=O)O. The molecule has 0 aliphatic rings. The average Bonchev–Trinajstić information content (AvgIpc) is 2.78. The van der Waals surface area contributed by atoms with Gasteiger partial charge in [-0.1, -0.05) is 68.4 Å². The zero-order chi connectivity index (χ0) is 24.0.